The van der Waals surface area contributed by atoms with E-state index in [1.807, 2.05) is 13.8 Å². The predicted octanol–water partition coefficient (Wildman–Crippen LogP) is 1.78. The van der Waals surface area contributed by atoms with Gasteiger partial charge in [-0.15, -0.1) is 0 Å². The number of hydrogen-bond acceptors (Lipinski definition) is 3. The number of allylic oxidation sites excluding steroid dienone is 1. The monoisotopic (exact) mass is 261 g/mol. The molecule has 1 amide bonds. The number of nitrogens with zero attached hydrogens (tertiary/aromatic N) is 1. The Hall–Kier alpha value is -1.65. The van der Waals surface area contributed by atoms with Gasteiger partial charge in [0.2, 0.25) is 0 Å². The fraction of sp³-hybridized carbons (Fsp3) is 0.400. The van der Waals surface area contributed by atoms with Gasteiger partial charge in [0.15, 0.2) is 5.60 Å². The Bertz CT molecular complexity index is 534. The summed E-state index contributed by atoms with van der Waals surface area (Å²) in [6.45, 7) is 3.78. The minimum absolute atomic E-state index is 0.105. The standard InChI is InChI=1S/C15H19NO3/c1-10(2)8-9-15(19)13(17)11-6-4-5-7-12(11)16(3)14(15)18/h4-8,13,17,19H,9H2,1-3H3/t13-,15-/m1/s1. The molecule has 102 valence electrons. The van der Waals surface area contributed by atoms with E-state index >= 15 is 0 Å². The molecule has 0 aromatic heterocycles. The Morgan fingerprint density at radius 1 is 1.42 bits per heavy atom. The molecule has 0 radical (unpaired) electrons. The molecule has 1 aliphatic rings. The molecule has 0 saturated heterocycles. The molecule has 0 spiro atoms. The Morgan fingerprint density at radius 3 is 2.68 bits per heavy atom. The minimum Gasteiger partial charge on any atom is -0.385 e. The van der Waals surface area contributed by atoms with Crippen LogP contribution in [0.5, 0.6) is 0 Å². The molecule has 4 nitrogen and oxygen atoms in total. The lowest BCUT2D eigenvalue weighted by molar-refractivity contribution is -0.151. The maximum Gasteiger partial charge on any atom is 0.262 e. The topological polar surface area (TPSA) is 60.8 Å². The number of para-hydroxylation sites is 1. The number of carbonyl (C=O) groups excluding carboxylic acids is 1. The molecule has 1 heterocycles. The second kappa shape index (κ2) is 4.79. The summed E-state index contributed by atoms with van der Waals surface area (Å²) in [6, 6.07) is 7.08. The molecule has 2 N–H and O–H groups in total. The molecule has 2 rings (SSSR count). The Labute approximate surface area is 113 Å². The van der Waals surface area contributed by atoms with Gasteiger partial charge in [0.05, 0.1) is 0 Å². The number of amides is 1. The van der Waals surface area contributed by atoms with Crippen LogP contribution in [0.25, 0.3) is 0 Å². The molecule has 0 saturated carbocycles. The minimum atomic E-state index is -1.79. The Morgan fingerprint density at radius 2 is 2.05 bits per heavy atom. The van der Waals surface area contributed by atoms with E-state index in [9.17, 15) is 15.0 Å². The zero-order valence-electron chi connectivity index (χ0n) is 11.4. The van der Waals surface area contributed by atoms with Gasteiger partial charge in [-0.1, -0.05) is 29.8 Å². The van der Waals surface area contributed by atoms with Crippen LogP contribution in [0.2, 0.25) is 0 Å². The first kappa shape index (κ1) is 13.8. The third-order valence-electron chi connectivity index (χ3n) is 3.54. The number of aliphatic hydroxyl groups is 2. The van der Waals surface area contributed by atoms with E-state index < -0.39 is 17.6 Å². The lowest BCUT2D eigenvalue weighted by Crippen LogP contribution is -2.55. The van der Waals surface area contributed by atoms with Crippen molar-refractivity contribution in [3.05, 3.63) is 41.5 Å². The molecular formula is C15H19NO3. The summed E-state index contributed by atoms with van der Waals surface area (Å²) in [5.41, 5.74) is 0.423. The highest BCUT2D eigenvalue weighted by Crippen LogP contribution is 2.41. The van der Waals surface area contributed by atoms with Crippen LogP contribution < -0.4 is 4.90 Å². The fourth-order valence-corrected chi connectivity index (χ4v) is 2.36. The first-order chi connectivity index (χ1) is 8.88. The largest absolute Gasteiger partial charge is 0.385 e. The zero-order chi connectivity index (χ0) is 14.2. The van der Waals surface area contributed by atoms with Crippen LogP contribution in [0.3, 0.4) is 0 Å². The van der Waals surface area contributed by atoms with Crippen molar-refractivity contribution in [2.24, 2.45) is 0 Å². The number of hydrogen-bond donors (Lipinski definition) is 2. The number of rotatable bonds is 2. The van der Waals surface area contributed by atoms with Gasteiger partial charge in [-0.2, -0.15) is 0 Å². The summed E-state index contributed by atoms with van der Waals surface area (Å²) in [7, 11) is 1.61. The van der Waals surface area contributed by atoms with Crippen LogP contribution in [0.15, 0.2) is 35.9 Å². The van der Waals surface area contributed by atoms with E-state index in [0.717, 1.165) is 5.57 Å². The summed E-state index contributed by atoms with van der Waals surface area (Å²) >= 11 is 0. The molecule has 1 aliphatic heterocycles. The first-order valence-electron chi connectivity index (χ1n) is 6.29. The van der Waals surface area contributed by atoms with E-state index in [1.165, 1.54) is 4.90 Å². The van der Waals surface area contributed by atoms with Crippen molar-refractivity contribution in [2.45, 2.75) is 32.0 Å². The highest BCUT2D eigenvalue weighted by molar-refractivity contribution is 6.02. The molecule has 1 aromatic rings. The molecule has 1 aromatic carbocycles. The lowest BCUT2D eigenvalue weighted by atomic mass is 9.82. The maximum absolute atomic E-state index is 12.3. The lowest BCUT2D eigenvalue weighted by Gasteiger charge is -2.40. The second-order valence-corrected chi connectivity index (χ2v) is 5.24. The van der Waals surface area contributed by atoms with Crippen molar-refractivity contribution in [2.75, 3.05) is 11.9 Å². The predicted molar refractivity (Wildman–Crippen MR) is 73.8 cm³/mol. The van der Waals surface area contributed by atoms with Crippen molar-refractivity contribution < 1.29 is 15.0 Å². The molecule has 0 bridgehead atoms. The molecular weight excluding hydrogens is 242 g/mol. The van der Waals surface area contributed by atoms with Crippen LogP contribution in [-0.2, 0) is 4.79 Å². The fourth-order valence-electron chi connectivity index (χ4n) is 2.36. The summed E-state index contributed by atoms with van der Waals surface area (Å²) in [6.07, 6.45) is 0.666. The molecule has 19 heavy (non-hydrogen) atoms. The van der Waals surface area contributed by atoms with Gasteiger partial charge in [0, 0.05) is 24.7 Å². The quantitative estimate of drug-likeness (QED) is 0.798. The van der Waals surface area contributed by atoms with Gasteiger partial charge >= 0.3 is 0 Å². The number of aliphatic hydroxyl groups excluding tert-OH is 1. The van der Waals surface area contributed by atoms with E-state index in [0.29, 0.717) is 11.3 Å². The molecule has 2 atom stereocenters. The average molecular weight is 261 g/mol. The van der Waals surface area contributed by atoms with E-state index in [1.54, 1.807) is 37.4 Å². The number of anilines is 1. The van der Waals surface area contributed by atoms with Gasteiger partial charge in [-0.05, 0) is 19.9 Å². The van der Waals surface area contributed by atoms with Gasteiger partial charge in [-0.25, -0.2) is 0 Å². The van der Waals surface area contributed by atoms with E-state index in [-0.39, 0.29) is 6.42 Å². The molecule has 0 aliphatic carbocycles. The number of benzene rings is 1. The van der Waals surface area contributed by atoms with Crippen molar-refractivity contribution in [3.63, 3.8) is 0 Å². The summed E-state index contributed by atoms with van der Waals surface area (Å²) in [5, 5.41) is 20.9. The summed E-state index contributed by atoms with van der Waals surface area (Å²) in [5.74, 6) is -0.476. The van der Waals surface area contributed by atoms with Crippen molar-refractivity contribution in [1.29, 1.82) is 0 Å². The molecule has 0 unspecified atom stereocenters. The van der Waals surface area contributed by atoms with Crippen molar-refractivity contribution >= 4 is 11.6 Å². The first-order valence-corrected chi connectivity index (χ1v) is 6.29. The number of fused-ring (bicyclic) bond motifs is 1. The van der Waals surface area contributed by atoms with Gasteiger partial charge in [0.25, 0.3) is 5.91 Å². The van der Waals surface area contributed by atoms with Gasteiger partial charge < -0.3 is 15.1 Å². The smallest absolute Gasteiger partial charge is 0.262 e. The third-order valence-corrected chi connectivity index (χ3v) is 3.54. The summed E-state index contributed by atoms with van der Waals surface area (Å²) in [4.78, 5) is 13.7. The molecule has 4 heteroatoms. The number of carbonyl (C=O) groups is 1. The normalized spacial score (nSPS) is 26.1. The van der Waals surface area contributed by atoms with Crippen molar-refractivity contribution in [1.82, 2.24) is 0 Å². The maximum atomic E-state index is 12.3. The third kappa shape index (κ3) is 2.17. The van der Waals surface area contributed by atoms with Crippen LogP contribution in [0, 0.1) is 0 Å². The van der Waals surface area contributed by atoms with E-state index in [4.69, 9.17) is 0 Å². The second-order valence-electron chi connectivity index (χ2n) is 5.24. The number of likely N-dealkylation sites (N-methyl/N-ethyl adjacent to an activating group) is 1. The highest BCUT2D eigenvalue weighted by Gasteiger charge is 2.49. The van der Waals surface area contributed by atoms with Gasteiger partial charge in [0.1, 0.15) is 6.10 Å². The molecule has 0 fully saturated rings. The van der Waals surface area contributed by atoms with Crippen LogP contribution in [-0.4, -0.2) is 28.8 Å². The van der Waals surface area contributed by atoms with Crippen LogP contribution in [0.4, 0.5) is 5.69 Å². The zero-order valence-corrected chi connectivity index (χ0v) is 11.4. The SMILES string of the molecule is CC(C)=CC[C@]1(O)C(=O)N(C)c2ccccc2[C@H]1O. The highest BCUT2D eigenvalue weighted by atomic mass is 16.4. The van der Waals surface area contributed by atoms with Crippen molar-refractivity contribution in [3.8, 4) is 0 Å². The Kier molecular flexibility index (Phi) is 3.47. The van der Waals surface area contributed by atoms with Crippen LogP contribution >= 0.6 is 0 Å². The van der Waals surface area contributed by atoms with E-state index in [2.05, 4.69) is 0 Å². The summed E-state index contributed by atoms with van der Waals surface area (Å²) < 4.78 is 0. The average Bonchev–Trinajstić information content (AvgIpc) is 2.41. The Balaban J connectivity index is 2.48. The van der Waals surface area contributed by atoms with Crippen LogP contribution in [0.1, 0.15) is 31.9 Å². The van der Waals surface area contributed by atoms with Gasteiger partial charge in [-0.3, -0.25) is 4.79 Å².